The fourth-order valence-electron chi connectivity index (χ4n) is 1.62. The van der Waals surface area contributed by atoms with Crippen LogP contribution in [0.25, 0.3) is 0 Å². The fourth-order valence-corrected chi connectivity index (χ4v) is 1.62. The van der Waals surface area contributed by atoms with Crippen LogP contribution in [0.2, 0.25) is 0 Å². The van der Waals surface area contributed by atoms with Crippen LogP contribution < -0.4 is 10.1 Å². The van der Waals surface area contributed by atoms with Crippen LogP contribution in [0.1, 0.15) is 12.5 Å². The highest BCUT2D eigenvalue weighted by Gasteiger charge is 2.05. The maximum atomic E-state index is 9.59. The quantitative estimate of drug-likeness (QED) is 0.754. The number of nitrogens with zero attached hydrogens (tertiary/aromatic N) is 1. The molecule has 0 fully saturated rings. The molecule has 2 N–H and O–H groups in total. The Bertz CT molecular complexity index is 342. The van der Waals surface area contributed by atoms with Gasteiger partial charge in [0.2, 0.25) is 0 Å². The van der Waals surface area contributed by atoms with Gasteiger partial charge in [0.1, 0.15) is 0 Å². The van der Waals surface area contributed by atoms with Crippen LogP contribution in [-0.2, 0) is 6.54 Å². The Balaban J connectivity index is 2.61. The van der Waals surface area contributed by atoms with Crippen LogP contribution in [0.4, 0.5) is 0 Å². The van der Waals surface area contributed by atoms with Crippen molar-refractivity contribution < 1.29 is 9.84 Å². The number of benzene rings is 1. The molecule has 1 rings (SSSR count). The summed E-state index contributed by atoms with van der Waals surface area (Å²) < 4.78 is 5.36. The molecular weight excluding hydrogens is 216 g/mol. The topological polar surface area (TPSA) is 44.7 Å². The van der Waals surface area contributed by atoms with Crippen LogP contribution in [0.15, 0.2) is 18.2 Å². The van der Waals surface area contributed by atoms with Crippen LogP contribution >= 0.6 is 0 Å². The fraction of sp³-hybridized carbons (Fsp3) is 0.538. The second-order valence-corrected chi connectivity index (χ2v) is 4.08. The highest BCUT2D eigenvalue weighted by Crippen LogP contribution is 2.27. The van der Waals surface area contributed by atoms with Crippen molar-refractivity contribution in [1.82, 2.24) is 10.2 Å². The second kappa shape index (κ2) is 7.14. The van der Waals surface area contributed by atoms with Gasteiger partial charge in [0, 0.05) is 19.6 Å². The number of rotatable bonds is 7. The van der Waals surface area contributed by atoms with E-state index in [0.717, 1.165) is 25.2 Å². The lowest BCUT2D eigenvalue weighted by molar-refractivity contribution is 0.311. The molecule has 0 aliphatic heterocycles. The predicted octanol–water partition coefficient (Wildman–Crippen LogP) is 1.44. The molecule has 0 aliphatic rings. The smallest absolute Gasteiger partial charge is 0.161 e. The van der Waals surface area contributed by atoms with Crippen molar-refractivity contribution in [2.24, 2.45) is 0 Å². The maximum Gasteiger partial charge on any atom is 0.161 e. The normalized spacial score (nSPS) is 10.8. The predicted molar refractivity (Wildman–Crippen MR) is 69.5 cm³/mol. The molecule has 0 amide bonds. The Kier molecular flexibility index (Phi) is 5.80. The summed E-state index contributed by atoms with van der Waals surface area (Å²) in [5.74, 6) is 0.764. The van der Waals surface area contributed by atoms with E-state index < -0.39 is 0 Å². The molecule has 0 heterocycles. The van der Waals surface area contributed by atoms with Gasteiger partial charge in [-0.05, 0) is 38.7 Å². The van der Waals surface area contributed by atoms with Crippen molar-refractivity contribution in [1.29, 1.82) is 0 Å². The molecule has 4 heteroatoms. The summed E-state index contributed by atoms with van der Waals surface area (Å²) in [7, 11) is 4.02. The maximum absolute atomic E-state index is 9.59. The molecule has 17 heavy (non-hydrogen) atoms. The number of hydrogen-bond donors (Lipinski definition) is 2. The molecule has 0 unspecified atom stereocenters. The molecule has 0 atom stereocenters. The zero-order valence-corrected chi connectivity index (χ0v) is 10.9. The Hall–Kier alpha value is -1.26. The molecule has 1 aromatic carbocycles. The SMILES string of the molecule is CCOc1cc(CN(C)CCNC)ccc1O. The van der Waals surface area contributed by atoms with Gasteiger partial charge in [0.25, 0.3) is 0 Å². The molecule has 0 saturated heterocycles. The number of hydrogen-bond acceptors (Lipinski definition) is 4. The van der Waals surface area contributed by atoms with Crippen LogP contribution in [0.3, 0.4) is 0 Å². The largest absolute Gasteiger partial charge is 0.504 e. The Labute approximate surface area is 103 Å². The van der Waals surface area contributed by atoms with Gasteiger partial charge in [-0.15, -0.1) is 0 Å². The molecule has 0 aliphatic carbocycles. The van der Waals surface area contributed by atoms with E-state index in [1.165, 1.54) is 0 Å². The van der Waals surface area contributed by atoms with E-state index in [1.807, 2.05) is 26.1 Å². The average molecular weight is 238 g/mol. The molecule has 0 aromatic heterocycles. The van der Waals surface area contributed by atoms with E-state index in [9.17, 15) is 5.11 Å². The third kappa shape index (κ3) is 4.63. The van der Waals surface area contributed by atoms with E-state index in [4.69, 9.17) is 4.74 Å². The van der Waals surface area contributed by atoms with Crippen LogP contribution in [0, 0.1) is 0 Å². The molecule has 0 spiro atoms. The zero-order chi connectivity index (χ0) is 12.7. The van der Waals surface area contributed by atoms with Crippen molar-refractivity contribution in [2.45, 2.75) is 13.5 Å². The molecule has 0 saturated carbocycles. The van der Waals surface area contributed by atoms with E-state index >= 15 is 0 Å². The molecule has 96 valence electrons. The minimum Gasteiger partial charge on any atom is -0.504 e. The summed E-state index contributed by atoms with van der Waals surface area (Å²) in [4.78, 5) is 2.22. The second-order valence-electron chi connectivity index (χ2n) is 4.08. The van der Waals surface area contributed by atoms with Crippen molar-refractivity contribution >= 4 is 0 Å². The first-order valence-corrected chi connectivity index (χ1v) is 5.95. The number of phenols is 1. The Morgan fingerprint density at radius 3 is 2.82 bits per heavy atom. The first kappa shape index (κ1) is 13.8. The standard InChI is InChI=1S/C13H22N2O2/c1-4-17-13-9-11(5-6-12(13)16)10-15(3)8-7-14-2/h5-6,9,14,16H,4,7-8,10H2,1-3H3. The minimum absolute atomic E-state index is 0.202. The van der Waals surface area contributed by atoms with Crippen LogP contribution in [0.5, 0.6) is 11.5 Å². The first-order valence-electron chi connectivity index (χ1n) is 5.95. The highest BCUT2D eigenvalue weighted by atomic mass is 16.5. The third-order valence-electron chi connectivity index (χ3n) is 2.52. The number of ether oxygens (including phenoxy) is 1. The van der Waals surface area contributed by atoms with Gasteiger partial charge in [0.15, 0.2) is 11.5 Å². The van der Waals surface area contributed by atoms with E-state index in [-0.39, 0.29) is 5.75 Å². The van der Waals surface area contributed by atoms with Crippen molar-refractivity contribution in [3.63, 3.8) is 0 Å². The van der Waals surface area contributed by atoms with E-state index in [0.29, 0.717) is 12.4 Å². The summed E-state index contributed by atoms with van der Waals surface area (Å²) in [5, 5.41) is 12.7. The van der Waals surface area contributed by atoms with Gasteiger partial charge in [-0.1, -0.05) is 6.07 Å². The van der Waals surface area contributed by atoms with Crippen molar-refractivity contribution in [2.75, 3.05) is 33.8 Å². The van der Waals surface area contributed by atoms with Crippen molar-refractivity contribution in [3.05, 3.63) is 23.8 Å². The zero-order valence-electron chi connectivity index (χ0n) is 10.9. The lowest BCUT2D eigenvalue weighted by Crippen LogP contribution is -2.26. The third-order valence-corrected chi connectivity index (χ3v) is 2.52. The molecule has 1 aromatic rings. The molecular formula is C13H22N2O2. The summed E-state index contributed by atoms with van der Waals surface area (Å²) in [6, 6.07) is 5.51. The number of likely N-dealkylation sites (N-methyl/N-ethyl adjacent to an activating group) is 2. The average Bonchev–Trinajstić information content (AvgIpc) is 2.31. The Morgan fingerprint density at radius 1 is 1.41 bits per heavy atom. The molecule has 4 nitrogen and oxygen atoms in total. The Morgan fingerprint density at radius 2 is 2.18 bits per heavy atom. The summed E-state index contributed by atoms with van der Waals surface area (Å²) in [6.45, 7) is 5.27. The van der Waals surface area contributed by atoms with Gasteiger partial charge in [-0.25, -0.2) is 0 Å². The van der Waals surface area contributed by atoms with Gasteiger partial charge in [0.05, 0.1) is 6.61 Å². The number of nitrogens with one attached hydrogen (secondary N) is 1. The van der Waals surface area contributed by atoms with Gasteiger partial charge >= 0.3 is 0 Å². The van der Waals surface area contributed by atoms with Gasteiger partial charge in [-0.3, -0.25) is 0 Å². The van der Waals surface area contributed by atoms with Gasteiger partial charge in [-0.2, -0.15) is 0 Å². The molecule has 0 bridgehead atoms. The van der Waals surface area contributed by atoms with E-state index in [2.05, 4.69) is 17.3 Å². The van der Waals surface area contributed by atoms with Crippen LogP contribution in [-0.4, -0.2) is 43.8 Å². The first-order chi connectivity index (χ1) is 8.17. The lowest BCUT2D eigenvalue weighted by atomic mass is 10.2. The minimum atomic E-state index is 0.202. The molecule has 0 radical (unpaired) electrons. The van der Waals surface area contributed by atoms with Crippen molar-refractivity contribution in [3.8, 4) is 11.5 Å². The summed E-state index contributed by atoms with van der Waals surface area (Å²) >= 11 is 0. The van der Waals surface area contributed by atoms with Gasteiger partial charge < -0.3 is 20.1 Å². The lowest BCUT2D eigenvalue weighted by Gasteiger charge is -2.17. The highest BCUT2D eigenvalue weighted by molar-refractivity contribution is 5.41. The van der Waals surface area contributed by atoms with E-state index in [1.54, 1.807) is 6.07 Å². The summed E-state index contributed by atoms with van der Waals surface area (Å²) in [6.07, 6.45) is 0. The summed E-state index contributed by atoms with van der Waals surface area (Å²) in [5.41, 5.74) is 1.14. The number of phenolic OH excluding ortho intramolecular Hbond substituents is 1. The monoisotopic (exact) mass is 238 g/mol. The number of aromatic hydroxyl groups is 1.